The highest BCUT2D eigenvalue weighted by molar-refractivity contribution is 6.06. The molecular formula is C32H35FN4O6. The Labute approximate surface area is 248 Å². The molecule has 2 aromatic carbocycles. The summed E-state index contributed by atoms with van der Waals surface area (Å²) in [7, 11) is 0. The van der Waals surface area contributed by atoms with Gasteiger partial charge in [-0.05, 0) is 78.1 Å². The normalized spacial score (nSPS) is 13.7. The van der Waals surface area contributed by atoms with Crippen molar-refractivity contribution < 1.29 is 33.3 Å². The summed E-state index contributed by atoms with van der Waals surface area (Å²) in [4.78, 5) is 30.6. The maximum Gasteiger partial charge on any atom is 0.337 e. The molecule has 0 saturated heterocycles. The van der Waals surface area contributed by atoms with Gasteiger partial charge in [0.25, 0.3) is 5.91 Å². The number of fused-ring (bicyclic) bond motifs is 2. The van der Waals surface area contributed by atoms with E-state index in [0.29, 0.717) is 59.1 Å². The highest BCUT2D eigenvalue weighted by Crippen LogP contribution is 2.41. The van der Waals surface area contributed by atoms with Crippen LogP contribution in [0.15, 0.2) is 36.4 Å². The molecule has 0 spiro atoms. The first-order chi connectivity index (χ1) is 20.4. The largest absolute Gasteiger partial charge is 0.493 e. The van der Waals surface area contributed by atoms with E-state index in [1.807, 2.05) is 13.8 Å². The topological polar surface area (TPSA) is 124 Å². The minimum atomic E-state index is -1.44. The molecule has 0 saturated carbocycles. The Bertz CT molecular complexity index is 1730. The second-order valence-corrected chi connectivity index (χ2v) is 11.4. The number of carboxylic acid groups (broad SMARTS) is 1. The number of nitrogens with one attached hydrogen (secondary N) is 1. The molecule has 2 N–H and O–H groups in total. The van der Waals surface area contributed by atoms with Gasteiger partial charge in [-0.3, -0.25) is 4.79 Å². The zero-order valence-electron chi connectivity index (χ0n) is 25.1. The van der Waals surface area contributed by atoms with Crippen molar-refractivity contribution in [1.82, 2.24) is 14.6 Å². The van der Waals surface area contributed by atoms with Gasteiger partial charge < -0.3 is 24.6 Å². The first-order valence-electron chi connectivity index (χ1n) is 14.2. The van der Waals surface area contributed by atoms with E-state index in [1.165, 1.54) is 10.6 Å². The molecule has 0 bridgehead atoms. The molecule has 11 heteroatoms. The highest BCUT2D eigenvalue weighted by atomic mass is 19.1. The molecule has 1 aliphatic heterocycles. The Hall–Kier alpha value is -4.51. The number of ether oxygens (including phenoxy) is 3. The summed E-state index contributed by atoms with van der Waals surface area (Å²) in [5.41, 5.74) is 2.61. The van der Waals surface area contributed by atoms with Gasteiger partial charge in [0.15, 0.2) is 29.1 Å². The van der Waals surface area contributed by atoms with Crippen LogP contribution in [0.3, 0.4) is 0 Å². The number of para-hydroxylation sites is 1. The van der Waals surface area contributed by atoms with Gasteiger partial charge >= 0.3 is 5.97 Å². The SMILES string of the molecule is CCOc1ccccc1C(=O)Nc1cc2nc(C)c([C@H](OC(C)(C)C)C(=O)O)c(-c3cc(F)c4c(c3C)CCCO4)n2n1. The lowest BCUT2D eigenvalue weighted by molar-refractivity contribution is -0.160. The van der Waals surface area contributed by atoms with Crippen LogP contribution >= 0.6 is 0 Å². The molecule has 4 aromatic rings. The van der Waals surface area contributed by atoms with Gasteiger partial charge in [0.1, 0.15) is 5.75 Å². The van der Waals surface area contributed by atoms with E-state index >= 15 is 4.39 Å². The third-order valence-corrected chi connectivity index (χ3v) is 7.15. The fourth-order valence-electron chi connectivity index (χ4n) is 5.38. The molecule has 226 valence electrons. The van der Waals surface area contributed by atoms with E-state index in [4.69, 9.17) is 14.2 Å². The predicted molar refractivity (Wildman–Crippen MR) is 158 cm³/mol. The van der Waals surface area contributed by atoms with Gasteiger partial charge in [0, 0.05) is 28.5 Å². The van der Waals surface area contributed by atoms with Crippen molar-refractivity contribution in [1.29, 1.82) is 0 Å². The molecular weight excluding hydrogens is 555 g/mol. The van der Waals surface area contributed by atoms with Crippen LogP contribution in [0.1, 0.15) is 73.0 Å². The monoisotopic (exact) mass is 590 g/mol. The number of carboxylic acids is 1. The van der Waals surface area contributed by atoms with Crippen LogP contribution in [0.5, 0.6) is 11.5 Å². The summed E-state index contributed by atoms with van der Waals surface area (Å²) in [5, 5.41) is 17.8. The number of rotatable bonds is 8. The number of carbonyl (C=O) groups is 2. The van der Waals surface area contributed by atoms with Gasteiger partial charge in [0.05, 0.1) is 30.1 Å². The average Bonchev–Trinajstić information content (AvgIpc) is 3.34. The Morgan fingerprint density at radius 3 is 2.65 bits per heavy atom. The average molecular weight is 591 g/mol. The van der Waals surface area contributed by atoms with E-state index in [1.54, 1.807) is 58.0 Å². The van der Waals surface area contributed by atoms with Crippen molar-refractivity contribution in [3.05, 3.63) is 70.2 Å². The van der Waals surface area contributed by atoms with Crippen molar-refractivity contribution in [2.24, 2.45) is 0 Å². The Balaban J connectivity index is 1.73. The third kappa shape index (κ3) is 5.90. The Kier molecular flexibility index (Phi) is 8.11. The van der Waals surface area contributed by atoms with Gasteiger partial charge in [-0.2, -0.15) is 0 Å². The van der Waals surface area contributed by atoms with Crippen LogP contribution in [0.25, 0.3) is 16.9 Å². The number of anilines is 1. The molecule has 1 amide bonds. The summed E-state index contributed by atoms with van der Waals surface area (Å²) in [6.45, 7) is 11.4. The van der Waals surface area contributed by atoms with Gasteiger partial charge in [-0.1, -0.05) is 12.1 Å². The Morgan fingerprint density at radius 2 is 1.95 bits per heavy atom. The molecule has 5 rings (SSSR count). The first-order valence-corrected chi connectivity index (χ1v) is 14.2. The number of hydrogen-bond acceptors (Lipinski definition) is 7. The van der Waals surface area contributed by atoms with Crippen molar-refractivity contribution in [2.75, 3.05) is 18.5 Å². The number of aromatic nitrogens is 3. The summed E-state index contributed by atoms with van der Waals surface area (Å²) >= 11 is 0. The van der Waals surface area contributed by atoms with E-state index in [-0.39, 0.29) is 17.1 Å². The molecule has 0 aliphatic carbocycles. The number of hydrogen-bond donors (Lipinski definition) is 2. The fourth-order valence-corrected chi connectivity index (χ4v) is 5.38. The van der Waals surface area contributed by atoms with Gasteiger partial charge in [-0.15, -0.1) is 5.10 Å². The van der Waals surface area contributed by atoms with E-state index in [2.05, 4.69) is 15.4 Å². The van der Waals surface area contributed by atoms with E-state index in [0.717, 1.165) is 12.0 Å². The molecule has 10 nitrogen and oxygen atoms in total. The van der Waals surface area contributed by atoms with Crippen molar-refractivity contribution in [3.63, 3.8) is 0 Å². The number of benzene rings is 2. The number of amides is 1. The zero-order chi connectivity index (χ0) is 31.1. The molecule has 1 atom stereocenters. The highest BCUT2D eigenvalue weighted by Gasteiger charge is 2.34. The summed E-state index contributed by atoms with van der Waals surface area (Å²) in [6.07, 6.45) is -0.114. The van der Waals surface area contributed by atoms with Crippen molar-refractivity contribution >= 4 is 23.3 Å². The van der Waals surface area contributed by atoms with Crippen molar-refractivity contribution in [2.45, 2.75) is 66.1 Å². The van der Waals surface area contributed by atoms with Crippen LogP contribution in [-0.2, 0) is 16.0 Å². The van der Waals surface area contributed by atoms with E-state index < -0.39 is 29.4 Å². The summed E-state index contributed by atoms with van der Waals surface area (Å²) in [5.74, 6) is -1.43. The minimum absolute atomic E-state index is 0.171. The third-order valence-electron chi connectivity index (χ3n) is 7.15. The number of carbonyl (C=O) groups excluding carboxylic acids is 1. The van der Waals surface area contributed by atoms with E-state index in [9.17, 15) is 14.7 Å². The molecule has 3 heterocycles. The first kappa shape index (κ1) is 30.0. The quantitative estimate of drug-likeness (QED) is 0.253. The molecule has 43 heavy (non-hydrogen) atoms. The smallest absolute Gasteiger partial charge is 0.337 e. The zero-order valence-corrected chi connectivity index (χ0v) is 25.1. The van der Waals surface area contributed by atoms with Crippen LogP contribution in [0.4, 0.5) is 10.2 Å². The lowest BCUT2D eigenvalue weighted by Gasteiger charge is -2.28. The number of nitrogens with zero attached hydrogens (tertiary/aromatic N) is 3. The van der Waals surface area contributed by atoms with Crippen molar-refractivity contribution in [3.8, 4) is 22.8 Å². The molecule has 2 aromatic heterocycles. The minimum Gasteiger partial charge on any atom is -0.493 e. The lowest BCUT2D eigenvalue weighted by atomic mass is 9.91. The lowest BCUT2D eigenvalue weighted by Crippen LogP contribution is -2.29. The van der Waals surface area contributed by atoms with Crippen LogP contribution in [-0.4, -0.2) is 50.4 Å². The molecule has 0 fully saturated rings. The fraction of sp³-hybridized carbons (Fsp3) is 0.375. The maximum absolute atomic E-state index is 15.5. The second-order valence-electron chi connectivity index (χ2n) is 11.4. The van der Waals surface area contributed by atoms with Crippen LogP contribution in [0, 0.1) is 19.7 Å². The van der Waals surface area contributed by atoms with Gasteiger partial charge in [0.2, 0.25) is 0 Å². The maximum atomic E-state index is 15.5. The number of aliphatic carboxylic acids is 1. The number of halogens is 1. The summed E-state index contributed by atoms with van der Waals surface area (Å²) in [6, 6.07) is 9.77. The standard InChI is InChI=1S/C32H35FN4O6/c1-7-41-23-13-9-8-11-20(23)30(38)35-24-16-25-34-18(3)26(29(31(39)40)43-32(4,5)6)27(37(25)36-24)21-15-22(33)28-19(17(21)2)12-10-14-42-28/h8-9,11,13,15-16,29H,7,10,12,14H2,1-6H3,(H,39,40)(H,35,36,38)/t29-/m0/s1. The number of aryl methyl sites for hydroxylation is 1. The second kappa shape index (κ2) is 11.6. The van der Waals surface area contributed by atoms with Gasteiger partial charge in [-0.25, -0.2) is 18.7 Å². The summed E-state index contributed by atoms with van der Waals surface area (Å²) < 4.78 is 34.3. The van der Waals surface area contributed by atoms with Crippen LogP contribution in [0.2, 0.25) is 0 Å². The molecule has 1 aliphatic rings. The predicted octanol–water partition coefficient (Wildman–Crippen LogP) is 6.07. The van der Waals surface area contributed by atoms with Crippen LogP contribution < -0.4 is 14.8 Å². The Morgan fingerprint density at radius 1 is 1.21 bits per heavy atom. The molecule has 0 unspecified atom stereocenters. The molecule has 0 radical (unpaired) electrons.